The number of nitrogens with one attached hydrogen (secondary N) is 3. The van der Waals surface area contributed by atoms with E-state index in [9.17, 15) is 14.4 Å². The Balaban J connectivity index is 1.25. The highest BCUT2D eigenvalue weighted by Gasteiger charge is 2.54. The molecule has 5 rings (SSSR count). The summed E-state index contributed by atoms with van der Waals surface area (Å²) in [5.41, 5.74) is 4.79. The van der Waals surface area contributed by atoms with Gasteiger partial charge in [-0.2, -0.15) is 0 Å². The molecule has 3 N–H and O–H groups in total. The first kappa shape index (κ1) is 18.3. The molecule has 1 aromatic carbocycles. The van der Waals surface area contributed by atoms with Crippen LogP contribution >= 0.6 is 11.6 Å². The number of hydrogen-bond acceptors (Lipinski definition) is 3. The summed E-state index contributed by atoms with van der Waals surface area (Å²) < 4.78 is 0. The van der Waals surface area contributed by atoms with Gasteiger partial charge in [-0.05, 0) is 80.5 Å². The number of hydrazine groups is 1. The van der Waals surface area contributed by atoms with E-state index in [1.54, 1.807) is 24.3 Å². The van der Waals surface area contributed by atoms with Gasteiger partial charge in [-0.3, -0.25) is 25.2 Å². The molecule has 4 fully saturated rings. The first-order chi connectivity index (χ1) is 12.9. The summed E-state index contributed by atoms with van der Waals surface area (Å²) in [4.78, 5) is 36.8. The Hall–Kier alpha value is -2.08. The first-order valence-corrected chi connectivity index (χ1v) is 9.94. The maximum atomic E-state index is 12.8. The average molecular weight is 390 g/mol. The molecule has 0 atom stereocenters. The normalized spacial score (nSPS) is 30.6. The molecule has 0 aromatic heterocycles. The van der Waals surface area contributed by atoms with E-state index in [1.807, 2.05) is 0 Å². The standard InChI is InChI=1S/C20H24ClN3O3/c21-16-3-1-15(2-4-16)18(26)24-23-17(25)11-22-19(27)20-8-12-5-13(9-20)7-14(6-12)10-20/h1-4,12-14H,5-11H2,(H,22,27)(H,23,25)(H,24,26). The molecule has 4 aliphatic rings. The molecule has 6 nitrogen and oxygen atoms in total. The second-order valence-electron chi connectivity index (χ2n) is 8.39. The summed E-state index contributed by atoms with van der Waals surface area (Å²) >= 11 is 5.79. The molecule has 0 spiro atoms. The van der Waals surface area contributed by atoms with Crippen LogP contribution < -0.4 is 16.2 Å². The van der Waals surface area contributed by atoms with Gasteiger partial charge in [-0.1, -0.05) is 11.6 Å². The lowest BCUT2D eigenvalue weighted by atomic mass is 9.49. The van der Waals surface area contributed by atoms with Crippen molar-refractivity contribution in [3.63, 3.8) is 0 Å². The zero-order valence-corrected chi connectivity index (χ0v) is 15.8. The fraction of sp³-hybridized carbons (Fsp3) is 0.550. The van der Waals surface area contributed by atoms with Crippen LogP contribution in [0.5, 0.6) is 0 Å². The minimum atomic E-state index is -0.449. The van der Waals surface area contributed by atoms with Crippen LogP contribution in [-0.4, -0.2) is 24.3 Å². The van der Waals surface area contributed by atoms with Crippen LogP contribution in [0.15, 0.2) is 24.3 Å². The minimum Gasteiger partial charge on any atom is -0.346 e. The van der Waals surface area contributed by atoms with Crippen molar-refractivity contribution in [3.8, 4) is 0 Å². The number of hydrogen-bond donors (Lipinski definition) is 3. The lowest BCUT2D eigenvalue weighted by Crippen LogP contribution is -2.55. The predicted octanol–water partition coefficient (Wildman–Crippen LogP) is 2.43. The van der Waals surface area contributed by atoms with E-state index in [2.05, 4.69) is 16.2 Å². The predicted molar refractivity (Wildman–Crippen MR) is 101 cm³/mol. The molecule has 0 aliphatic heterocycles. The van der Waals surface area contributed by atoms with Crippen LogP contribution in [-0.2, 0) is 9.59 Å². The summed E-state index contributed by atoms with van der Waals surface area (Å²) in [6.45, 7) is -0.137. The van der Waals surface area contributed by atoms with E-state index in [0.717, 1.165) is 19.3 Å². The zero-order chi connectivity index (χ0) is 19.0. The van der Waals surface area contributed by atoms with Crippen LogP contribution in [0, 0.1) is 23.2 Å². The highest BCUT2D eigenvalue weighted by molar-refractivity contribution is 6.30. The van der Waals surface area contributed by atoms with Gasteiger partial charge in [0.05, 0.1) is 6.54 Å². The maximum Gasteiger partial charge on any atom is 0.269 e. The fourth-order valence-electron chi connectivity index (χ4n) is 5.58. The number of benzene rings is 1. The molecular formula is C20H24ClN3O3. The smallest absolute Gasteiger partial charge is 0.269 e. The van der Waals surface area contributed by atoms with Gasteiger partial charge in [0.25, 0.3) is 11.8 Å². The van der Waals surface area contributed by atoms with Gasteiger partial charge < -0.3 is 5.32 Å². The molecule has 4 bridgehead atoms. The molecule has 0 radical (unpaired) electrons. The Morgan fingerprint density at radius 3 is 2.04 bits per heavy atom. The molecule has 0 unspecified atom stereocenters. The van der Waals surface area contributed by atoms with Gasteiger partial charge in [-0.15, -0.1) is 0 Å². The Bertz CT molecular complexity index is 727. The first-order valence-electron chi connectivity index (χ1n) is 9.56. The van der Waals surface area contributed by atoms with Gasteiger partial charge >= 0.3 is 0 Å². The van der Waals surface area contributed by atoms with E-state index in [-0.39, 0.29) is 17.9 Å². The second-order valence-corrected chi connectivity index (χ2v) is 8.83. The summed E-state index contributed by atoms with van der Waals surface area (Å²) in [6, 6.07) is 6.34. The number of rotatable bonds is 4. The molecule has 4 saturated carbocycles. The van der Waals surface area contributed by atoms with Gasteiger partial charge in [-0.25, -0.2) is 0 Å². The molecule has 3 amide bonds. The highest BCUT2D eigenvalue weighted by atomic mass is 35.5. The SMILES string of the molecule is O=C(CNC(=O)C12CC3CC(CC(C3)C1)C2)NNC(=O)c1ccc(Cl)cc1. The highest BCUT2D eigenvalue weighted by Crippen LogP contribution is 2.60. The number of amides is 3. The average Bonchev–Trinajstić information content (AvgIpc) is 2.63. The minimum absolute atomic E-state index is 0.000720. The van der Waals surface area contributed by atoms with E-state index >= 15 is 0 Å². The van der Waals surface area contributed by atoms with Crippen molar-refractivity contribution in [3.05, 3.63) is 34.9 Å². The van der Waals surface area contributed by atoms with Crippen molar-refractivity contribution in [1.29, 1.82) is 0 Å². The van der Waals surface area contributed by atoms with E-state index in [1.165, 1.54) is 19.3 Å². The summed E-state index contributed by atoms with van der Waals surface area (Å²) in [7, 11) is 0. The number of carbonyl (C=O) groups is 3. The van der Waals surface area contributed by atoms with Crippen LogP contribution in [0.4, 0.5) is 0 Å². The topological polar surface area (TPSA) is 87.3 Å². The van der Waals surface area contributed by atoms with Crippen molar-refractivity contribution in [2.24, 2.45) is 23.2 Å². The van der Waals surface area contributed by atoms with Crippen molar-refractivity contribution >= 4 is 29.3 Å². The van der Waals surface area contributed by atoms with E-state index < -0.39 is 11.8 Å². The fourth-order valence-corrected chi connectivity index (χ4v) is 5.71. The van der Waals surface area contributed by atoms with Crippen LogP contribution in [0.2, 0.25) is 5.02 Å². The van der Waals surface area contributed by atoms with Crippen LogP contribution in [0.3, 0.4) is 0 Å². The van der Waals surface area contributed by atoms with Crippen molar-refractivity contribution < 1.29 is 14.4 Å². The number of halogens is 1. The molecule has 7 heteroatoms. The second kappa shape index (κ2) is 7.15. The lowest BCUT2D eigenvalue weighted by Gasteiger charge is -2.55. The molecule has 0 saturated heterocycles. The van der Waals surface area contributed by atoms with Crippen molar-refractivity contribution in [2.75, 3.05) is 6.54 Å². The summed E-state index contributed by atoms with van der Waals surface area (Å²) in [5, 5.41) is 3.32. The molecular weight excluding hydrogens is 366 g/mol. The van der Waals surface area contributed by atoms with Crippen LogP contribution in [0.25, 0.3) is 0 Å². The van der Waals surface area contributed by atoms with Gasteiger partial charge in [0.15, 0.2) is 0 Å². The Morgan fingerprint density at radius 2 is 1.48 bits per heavy atom. The van der Waals surface area contributed by atoms with E-state index in [0.29, 0.717) is 28.3 Å². The van der Waals surface area contributed by atoms with Crippen LogP contribution in [0.1, 0.15) is 48.9 Å². The molecule has 1 aromatic rings. The monoisotopic (exact) mass is 389 g/mol. The Labute approximate surface area is 163 Å². The summed E-state index contributed by atoms with van der Waals surface area (Å²) in [6.07, 6.45) is 6.68. The third-order valence-electron chi connectivity index (χ3n) is 6.35. The molecule has 4 aliphatic carbocycles. The lowest BCUT2D eigenvalue weighted by molar-refractivity contribution is -0.147. The van der Waals surface area contributed by atoms with Crippen molar-refractivity contribution in [2.45, 2.75) is 38.5 Å². The van der Waals surface area contributed by atoms with Crippen molar-refractivity contribution in [1.82, 2.24) is 16.2 Å². The molecule has 144 valence electrons. The van der Waals surface area contributed by atoms with Gasteiger partial charge in [0, 0.05) is 16.0 Å². The third kappa shape index (κ3) is 3.81. The maximum absolute atomic E-state index is 12.8. The number of carbonyl (C=O) groups excluding carboxylic acids is 3. The Kier molecular flexibility index (Phi) is 4.84. The summed E-state index contributed by atoms with van der Waals surface area (Å²) in [5.74, 6) is 1.14. The zero-order valence-electron chi connectivity index (χ0n) is 15.1. The molecule has 0 heterocycles. The van der Waals surface area contributed by atoms with Gasteiger partial charge in [0.2, 0.25) is 5.91 Å². The van der Waals surface area contributed by atoms with E-state index in [4.69, 9.17) is 11.6 Å². The van der Waals surface area contributed by atoms with Gasteiger partial charge in [0.1, 0.15) is 0 Å². The quantitative estimate of drug-likeness (QED) is 0.691. The molecule has 27 heavy (non-hydrogen) atoms. The largest absolute Gasteiger partial charge is 0.346 e. The Morgan fingerprint density at radius 1 is 0.926 bits per heavy atom. The third-order valence-corrected chi connectivity index (χ3v) is 6.60.